The lowest BCUT2D eigenvalue weighted by Gasteiger charge is -2.50. The van der Waals surface area contributed by atoms with Crippen LogP contribution in [0, 0.1) is 0 Å². The van der Waals surface area contributed by atoms with Crippen molar-refractivity contribution >= 4 is 0 Å². The fourth-order valence-corrected chi connectivity index (χ4v) is 4.84. The molecule has 3 aromatic heterocycles. The number of H-pyrrole nitrogens is 2. The van der Waals surface area contributed by atoms with Crippen LogP contribution < -0.4 is 0 Å². The first-order chi connectivity index (χ1) is 13.3. The summed E-state index contributed by atoms with van der Waals surface area (Å²) in [6.45, 7) is 7.44. The second-order valence-electron chi connectivity index (χ2n) is 7.60. The van der Waals surface area contributed by atoms with E-state index < -0.39 is 0 Å². The molecule has 1 spiro atoms. The summed E-state index contributed by atoms with van der Waals surface area (Å²) >= 11 is 0. The number of piperidine rings is 1. The largest absolute Gasteiger partial charge is 0.458 e. The van der Waals surface area contributed by atoms with Crippen LogP contribution in [0.1, 0.15) is 36.9 Å². The Hall–Kier alpha value is -2.38. The SMILES string of the molecule is CCN1CCc2[nH]cnc2C12CCN(Cc1ccc(-c3ccn[nH]3)o1)CC2. The summed E-state index contributed by atoms with van der Waals surface area (Å²) in [4.78, 5) is 13.2. The average molecular weight is 366 g/mol. The third kappa shape index (κ3) is 2.82. The van der Waals surface area contributed by atoms with Crippen molar-refractivity contribution in [3.63, 3.8) is 0 Å². The van der Waals surface area contributed by atoms with E-state index in [1.807, 2.05) is 18.5 Å². The molecule has 1 fully saturated rings. The third-order valence-corrected chi connectivity index (χ3v) is 6.27. The fraction of sp³-hybridized carbons (Fsp3) is 0.500. The molecule has 7 heteroatoms. The van der Waals surface area contributed by atoms with Crippen LogP contribution in [0.15, 0.2) is 35.1 Å². The summed E-state index contributed by atoms with van der Waals surface area (Å²) in [6, 6.07) is 6.02. The van der Waals surface area contributed by atoms with Gasteiger partial charge in [0, 0.05) is 37.9 Å². The molecular weight excluding hydrogens is 340 g/mol. The van der Waals surface area contributed by atoms with Crippen LogP contribution in [-0.4, -0.2) is 56.1 Å². The van der Waals surface area contributed by atoms with E-state index in [0.717, 1.165) is 69.2 Å². The monoisotopic (exact) mass is 366 g/mol. The van der Waals surface area contributed by atoms with E-state index in [0.29, 0.717) is 0 Å². The minimum absolute atomic E-state index is 0.100. The molecule has 3 aromatic rings. The molecule has 2 aliphatic rings. The molecule has 2 N–H and O–H groups in total. The summed E-state index contributed by atoms with van der Waals surface area (Å²) in [5.41, 5.74) is 3.65. The standard InChI is InChI=1S/C20H26N6O/c1-2-26-10-6-17-19(22-14-21-17)20(26)7-11-25(12-8-20)13-15-3-4-18(27-15)16-5-9-23-24-16/h3-5,9,14H,2,6-8,10-13H2,1H3,(H,21,22)(H,23,24). The lowest BCUT2D eigenvalue weighted by Crippen LogP contribution is -2.56. The number of nitrogens with zero attached hydrogens (tertiary/aromatic N) is 4. The van der Waals surface area contributed by atoms with Crippen molar-refractivity contribution in [2.24, 2.45) is 0 Å². The van der Waals surface area contributed by atoms with E-state index in [1.54, 1.807) is 6.20 Å². The number of nitrogens with one attached hydrogen (secondary N) is 2. The Kier molecular flexibility index (Phi) is 4.13. The first-order valence-corrected chi connectivity index (χ1v) is 9.87. The molecule has 0 atom stereocenters. The van der Waals surface area contributed by atoms with Gasteiger partial charge in [0.2, 0.25) is 0 Å². The number of aromatic nitrogens is 4. The van der Waals surface area contributed by atoms with Crippen LogP contribution in [0.5, 0.6) is 0 Å². The van der Waals surface area contributed by atoms with Gasteiger partial charge in [-0.1, -0.05) is 6.92 Å². The zero-order valence-electron chi connectivity index (χ0n) is 15.7. The molecule has 0 bridgehead atoms. The van der Waals surface area contributed by atoms with E-state index in [2.05, 4.69) is 38.0 Å². The molecule has 0 saturated carbocycles. The maximum absolute atomic E-state index is 6.01. The lowest BCUT2D eigenvalue weighted by molar-refractivity contribution is 0.00562. The van der Waals surface area contributed by atoms with E-state index >= 15 is 0 Å². The number of fused-ring (bicyclic) bond motifs is 2. The van der Waals surface area contributed by atoms with E-state index in [9.17, 15) is 0 Å². The Labute approximate surface area is 158 Å². The van der Waals surface area contributed by atoms with Crippen molar-refractivity contribution in [2.75, 3.05) is 26.2 Å². The first-order valence-electron chi connectivity index (χ1n) is 9.87. The van der Waals surface area contributed by atoms with Crippen LogP contribution in [0.2, 0.25) is 0 Å². The number of furan rings is 1. The van der Waals surface area contributed by atoms with Crippen molar-refractivity contribution in [2.45, 2.75) is 38.3 Å². The first kappa shape index (κ1) is 16.8. The summed E-state index contributed by atoms with van der Waals surface area (Å²) in [7, 11) is 0. The predicted molar refractivity (Wildman–Crippen MR) is 102 cm³/mol. The Bertz CT molecular complexity index is 887. The minimum Gasteiger partial charge on any atom is -0.458 e. The van der Waals surface area contributed by atoms with Gasteiger partial charge in [-0.05, 0) is 37.6 Å². The van der Waals surface area contributed by atoms with E-state index in [4.69, 9.17) is 9.40 Å². The minimum atomic E-state index is 0.100. The molecule has 0 radical (unpaired) electrons. The van der Waals surface area contributed by atoms with Gasteiger partial charge in [0.05, 0.1) is 24.1 Å². The number of hydrogen-bond donors (Lipinski definition) is 2. The Morgan fingerprint density at radius 2 is 2.07 bits per heavy atom. The smallest absolute Gasteiger partial charge is 0.152 e. The highest BCUT2D eigenvalue weighted by molar-refractivity contribution is 5.51. The molecule has 5 heterocycles. The lowest BCUT2D eigenvalue weighted by atomic mass is 9.78. The predicted octanol–water partition coefficient (Wildman–Crippen LogP) is 2.76. The molecule has 0 aromatic carbocycles. The number of aromatic amines is 2. The van der Waals surface area contributed by atoms with Crippen LogP contribution in [0.4, 0.5) is 0 Å². The number of rotatable bonds is 4. The summed E-state index contributed by atoms with van der Waals surface area (Å²) < 4.78 is 6.01. The molecule has 0 unspecified atom stereocenters. The Balaban J connectivity index is 1.29. The Morgan fingerprint density at radius 1 is 1.19 bits per heavy atom. The van der Waals surface area contributed by atoms with Crippen molar-refractivity contribution in [3.05, 3.63) is 47.9 Å². The van der Waals surface area contributed by atoms with Crippen molar-refractivity contribution < 1.29 is 4.42 Å². The number of imidazole rings is 1. The molecule has 2 aliphatic heterocycles. The highest BCUT2D eigenvalue weighted by atomic mass is 16.3. The summed E-state index contributed by atoms with van der Waals surface area (Å²) in [5, 5.41) is 6.95. The summed E-state index contributed by atoms with van der Waals surface area (Å²) in [6.07, 6.45) is 6.93. The van der Waals surface area contributed by atoms with Crippen LogP contribution >= 0.6 is 0 Å². The van der Waals surface area contributed by atoms with E-state index in [-0.39, 0.29) is 5.54 Å². The van der Waals surface area contributed by atoms with Gasteiger partial charge < -0.3 is 9.40 Å². The van der Waals surface area contributed by atoms with Gasteiger partial charge in [0.25, 0.3) is 0 Å². The second-order valence-corrected chi connectivity index (χ2v) is 7.60. The molecular formula is C20H26N6O. The zero-order chi connectivity index (χ0) is 18.3. The van der Waals surface area contributed by atoms with Gasteiger partial charge in [0.15, 0.2) is 5.76 Å². The highest BCUT2D eigenvalue weighted by Crippen LogP contribution is 2.42. The van der Waals surface area contributed by atoms with Gasteiger partial charge in [-0.25, -0.2) is 4.98 Å². The average Bonchev–Trinajstić information content (AvgIpc) is 3.45. The quantitative estimate of drug-likeness (QED) is 0.742. The highest BCUT2D eigenvalue weighted by Gasteiger charge is 2.45. The van der Waals surface area contributed by atoms with Crippen LogP contribution in [0.25, 0.3) is 11.5 Å². The van der Waals surface area contributed by atoms with Crippen molar-refractivity contribution in [3.8, 4) is 11.5 Å². The van der Waals surface area contributed by atoms with Crippen LogP contribution in [-0.2, 0) is 18.5 Å². The molecule has 1 saturated heterocycles. The summed E-state index contributed by atoms with van der Waals surface area (Å²) in [5.74, 6) is 1.86. The number of likely N-dealkylation sites (tertiary alicyclic amines) is 1. The van der Waals surface area contributed by atoms with Crippen LogP contribution in [0.3, 0.4) is 0 Å². The maximum atomic E-state index is 6.01. The normalized spacial score (nSPS) is 20.2. The van der Waals surface area contributed by atoms with Gasteiger partial charge >= 0.3 is 0 Å². The molecule has 27 heavy (non-hydrogen) atoms. The van der Waals surface area contributed by atoms with Crippen molar-refractivity contribution in [1.29, 1.82) is 0 Å². The zero-order valence-corrected chi connectivity index (χ0v) is 15.7. The maximum Gasteiger partial charge on any atom is 0.152 e. The van der Waals surface area contributed by atoms with E-state index in [1.165, 1.54) is 11.4 Å². The van der Waals surface area contributed by atoms with Gasteiger partial charge in [0.1, 0.15) is 11.5 Å². The number of likely N-dealkylation sites (N-methyl/N-ethyl adjacent to an activating group) is 1. The van der Waals surface area contributed by atoms with Crippen molar-refractivity contribution in [1.82, 2.24) is 30.0 Å². The van der Waals surface area contributed by atoms with Gasteiger partial charge in [-0.3, -0.25) is 14.9 Å². The molecule has 0 aliphatic carbocycles. The number of hydrogen-bond acceptors (Lipinski definition) is 5. The second kappa shape index (κ2) is 6.65. The molecule has 5 rings (SSSR count). The molecule has 142 valence electrons. The topological polar surface area (TPSA) is 77.0 Å². The third-order valence-electron chi connectivity index (χ3n) is 6.27. The molecule has 0 amide bonds. The Morgan fingerprint density at radius 3 is 2.85 bits per heavy atom. The fourth-order valence-electron chi connectivity index (χ4n) is 4.84. The molecule has 7 nitrogen and oxygen atoms in total. The van der Waals surface area contributed by atoms with Gasteiger partial charge in [-0.2, -0.15) is 5.10 Å². The van der Waals surface area contributed by atoms with Gasteiger partial charge in [-0.15, -0.1) is 0 Å².